The molecule has 0 unspecified atom stereocenters. The number of benzene rings is 1. The molecule has 1 aromatic heterocycles. The van der Waals surface area contributed by atoms with Gasteiger partial charge in [-0.05, 0) is 18.2 Å². The number of hydrogen-bond donors (Lipinski definition) is 2. The fourth-order valence-electron chi connectivity index (χ4n) is 1.38. The highest BCUT2D eigenvalue weighted by Crippen LogP contribution is 2.26. The van der Waals surface area contributed by atoms with E-state index in [4.69, 9.17) is 15.3 Å². The largest absolute Gasteiger partial charge is 0.478 e. The average Bonchev–Trinajstić information content (AvgIpc) is 2.65. The molecular formula is C11H10ClNO3. The first kappa shape index (κ1) is 12.1. The van der Waals surface area contributed by atoms with Crippen molar-refractivity contribution in [1.29, 1.82) is 0 Å². The zero-order chi connectivity index (χ0) is 10.8. The molecule has 0 amide bonds. The van der Waals surface area contributed by atoms with E-state index in [-0.39, 0.29) is 18.0 Å². The summed E-state index contributed by atoms with van der Waals surface area (Å²) in [6, 6.07) is 8.32. The van der Waals surface area contributed by atoms with Crippen LogP contribution in [0.3, 0.4) is 0 Å². The summed E-state index contributed by atoms with van der Waals surface area (Å²) in [6.45, 7) is 0. The molecule has 0 aliphatic rings. The van der Waals surface area contributed by atoms with Crippen LogP contribution >= 0.6 is 12.4 Å². The van der Waals surface area contributed by atoms with Crippen LogP contribution in [0.15, 0.2) is 41.0 Å². The van der Waals surface area contributed by atoms with Gasteiger partial charge in [0.05, 0.1) is 6.26 Å². The smallest absolute Gasteiger partial charge is 0.339 e. The fourth-order valence-corrected chi connectivity index (χ4v) is 1.38. The third-order valence-electron chi connectivity index (χ3n) is 2.04. The third-order valence-corrected chi connectivity index (χ3v) is 2.04. The van der Waals surface area contributed by atoms with E-state index in [0.717, 1.165) is 0 Å². The van der Waals surface area contributed by atoms with Gasteiger partial charge in [-0.2, -0.15) is 0 Å². The summed E-state index contributed by atoms with van der Waals surface area (Å²) in [5.74, 6) is -0.684. The Balaban J connectivity index is 0.00000128. The first-order valence-electron chi connectivity index (χ1n) is 4.35. The number of carboxylic acids is 1. The number of rotatable bonds is 2. The minimum Gasteiger partial charge on any atom is -0.478 e. The zero-order valence-corrected chi connectivity index (χ0v) is 9.03. The molecule has 2 rings (SSSR count). The Morgan fingerprint density at radius 3 is 2.69 bits per heavy atom. The van der Waals surface area contributed by atoms with Crippen molar-refractivity contribution in [3.8, 4) is 11.3 Å². The lowest BCUT2D eigenvalue weighted by molar-refractivity contribution is 0.0697. The second kappa shape index (κ2) is 4.72. The number of carboxylic acid groups (broad SMARTS) is 1. The molecule has 0 saturated heterocycles. The third kappa shape index (κ3) is 2.17. The van der Waals surface area contributed by atoms with Crippen molar-refractivity contribution in [1.82, 2.24) is 0 Å². The molecule has 0 fully saturated rings. The Morgan fingerprint density at radius 1 is 1.31 bits per heavy atom. The predicted molar refractivity (Wildman–Crippen MR) is 62.8 cm³/mol. The minimum atomic E-state index is -1.01. The number of furan rings is 1. The van der Waals surface area contributed by atoms with Gasteiger partial charge in [0.25, 0.3) is 0 Å². The van der Waals surface area contributed by atoms with Gasteiger partial charge in [-0.3, -0.25) is 0 Å². The van der Waals surface area contributed by atoms with E-state index in [1.54, 1.807) is 24.3 Å². The number of hydrogen-bond acceptors (Lipinski definition) is 3. The van der Waals surface area contributed by atoms with Crippen molar-refractivity contribution in [2.45, 2.75) is 0 Å². The summed E-state index contributed by atoms with van der Waals surface area (Å²) in [5.41, 5.74) is 6.98. The van der Waals surface area contributed by atoms with Crippen molar-refractivity contribution < 1.29 is 14.3 Å². The van der Waals surface area contributed by atoms with Crippen LogP contribution in [-0.2, 0) is 0 Å². The highest BCUT2D eigenvalue weighted by Gasteiger charge is 2.14. The molecule has 84 valence electrons. The summed E-state index contributed by atoms with van der Waals surface area (Å²) < 4.78 is 5.13. The Morgan fingerprint density at radius 2 is 2.06 bits per heavy atom. The molecule has 1 aromatic carbocycles. The first-order chi connectivity index (χ1) is 7.18. The molecular weight excluding hydrogens is 230 g/mol. The molecule has 1 heterocycles. The van der Waals surface area contributed by atoms with Crippen LogP contribution in [0, 0.1) is 0 Å². The monoisotopic (exact) mass is 239 g/mol. The van der Waals surface area contributed by atoms with Crippen LogP contribution in [0.4, 0.5) is 5.69 Å². The van der Waals surface area contributed by atoms with Gasteiger partial charge >= 0.3 is 5.97 Å². The molecule has 0 atom stereocenters. The quantitative estimate of drug-likeness (QED) is 0.790. The van der Waals surface area contributed by atoms with E-state index in [1.165, 1.54) is 12.3 Å². The van der Waals surface area contributed by atoms with Gasteiger partial charge in [-0.15, -0.1) is 12.4 Å². The maximum atomic E-state index is 10.8. The Labute approximate surface area is 98.1 Å². The van der Waals surface area contributed by atoms with Crippen molar-refractivity contribution in [2.24, 2.45) is 0 Å². The number of nitrogen functional groups attached to an aromatic ring is 1. The normalized spacial score (nSPS) is 9.50. The van der Waals surface area contributed by atoms with Gasteiger partial charge in [-0.25, -0.2) is 4.79 Å². The maximum absolute atomic E-state index is 10.8. The van der Waals surface area contributed by atoms with Crippen LogP contribution in [0.1, 0.15) is 10.4 Å². The van der Waals surface area contributed by atoms with E-state index in [1.807, 2.05) is 0 Å². The van der Waals surface area contributed by atoms with E-state index in [0.29, 0.717) is 17.0 Å². The second-order valence-corrected chi connectivity index (χ2v) is 3.09. The zero-order valence-electron chi connectivity index (χ0n) is 8.21. The van der Waals surface area contributed by atoms with Crippen molar-refractivity contribution in [2.75, 3.05) is 5.73 Å². The van der Waals surface area contributed by atoms with Gasteiger partial charge in [0, 0.05) is 11.3 Å². The molecule has 5 heteroatoms. The fraction of sp³-hybridized carbons (Fsp3) is 0. The summed E-state index contributed by atoms with van der Waals surface area (Å²) in [6.07, 6.45) is 1.35. The van der Waals surface area contributed by atoms with E-state index in [2.05, 4.69) is 0 Å². The van der Waals surface area contributed by atoms with Gasteiger partial charge in [0.1, 0.15) is 11.3 Å². The van der Waals surface area contributed by atoms with Crippen LogP contribution < -0.4 is 5.73 Å². The molecule has 0 saturated carbocycles. The van der Waals surface area contributed by atoms with Gasteiger partial charge < -0.3 is 15.3 Å². The molecule has 0 aliphatic carbocycles. The molecule has 16 heavy (non-hydrogen) atoms. The Bertz CT molecular complexity index is 507. The minimum absolute atomic E-state index is 0. The predicted octanol–water partition coefficient (Wildman–Crippen LogP) is 2.65. The number of anilines is 1. The molecule has 0 bridgehead atoms. The standard InChI is InChI=1S/C11H9NO3.ClH/c12-8-3-1-2-7(6-8)10-9(11(13)14)4-5-15-10;/h1-6H,12H2,(H,13,14);1H. The van der Waals surface area contributed by atoms with E-state index in [9.17, 15) is 4.79 Å². The highest BCUT2D eigenvalue weighted by atomic mass is 35.5. The van der Waals surface area contributed by atoms with Crippen LogP contribution in [-0.4, -0.2) is 11.1 Å². The molecule has 2 aromatic rings. The van der Waals surface area contributed by atoms with Crippen LogP contribution in [0.2, 0.25) is 0 Å². The molecule has 0 radical (unpaired) electrons. The summed E-state index contributed by atoms with van der Waals surface area (Å²) in [5, 5.41) is 8.89. The van der Waals surface area contributed by atoms with Crippen molar-refractivity contribution in [3.05, 3.63) is 42.2 Å². The van der Waals surface area contributed by atoms with Gasteiger partial charge in [0.15, 0.2) is 0 Å². The van der Waals surface area contributed by atoms with Crippen LogP contribution in [0.5, 0.6) is 0 Å². The van der Waals surface area contributed by atoms with Crippen molar-refractivity contribution >= 4 is 24.1 Å². The summed E-state index contributed by atoms with van der Waals surface area (Å²) >= 11 is 0. The molecule has 4 nitrogen and oxygen atoms in total. The average molecular weight is 240 g/mol. The van der Waals surface area contributed by atoms with E-state index < -0.39 is 5.97 Å². The summed E-state index contributed by atoms with van der Waals surface area (Å²) in [4.78, 5) is 10.8. The number of carbonyl (C=O) groups is 1. The lowest BCUT2D eigenvalue weighted by Crippen LogP contribution is -1.96. The Kier molecular flexibility index (Phi) is 3.58. The van der Waals surface area contributed by atoms with E-state index >= 15 is 0 Å². The number of nitrogens with two attached hydrogens (primary N) is 1. The van der Waals surface area contributed by atoms with Crippen molar-refractivity contribution in [3.63, 3.8) is 0 Å². The lowest BCUT2D eigenvalue weighted by Gasteiger charge is -2.00. The second-order valence-electron chi connectivity index (χ2n) is 3.09. The SMILES string of the molecule is Cl.Nc1cccc(-c2occc2C(=O)O)c1. The molecule has 0 spiro atoms. The van der Waals surface area contributed by atoms with Gasteiger partial charge in [-0.1, -0.05) is 12.1 Å². The highest BCUT2D eigenvalue weighted by molar-refractivity contribution is 5.94. The van der Waals surface area contributed by atoms with Gasteiger partial charge in [0.2, 0.25) is 0 Å². The molecule has 3 N–H and O–H groups in total. The number of halogens is 1. The van der Waals surface area contributed by atoms with Crippen LogP contribution in [0.25, 0.3) is 11.3 Å². The lowest BCUT2D eigenvalue weighted by atomic mass is 10.1. The first-order valence-corrected chi connectivity index (χ1v) is 4.35. The Hall–Kier alpha value is -1.94. The summed E-state index contributed by atoms with van der Waals surface area (Å²) in [7, 11) is 0. The number of aromatic carboxylic acids is 1. The topological polar surface area (TPSA) is 76.5 Å². The maximum Gasteiger partial charge on any atom is 0.339 e. The molecule has 0 aliphatic heterocycles.